The van der Waals surface area contributed by atoms with Gasteiger partial charge in [0.25, 0.3) is 5.91 Å². The predicted molar refractivity (Wildman–Crippen MR) is 76.1 cm³/mol. The molecule has 6 nitrogen and oxygen atoms in total. The Kier molecular flexibility index (Phi) is 3.35. The summed E-state index contributed by atoms with van der Waals surface area (Å²) >= 11 is 0. The summed E-state index contributed by atoms with van der Waals surface area (Å²) in [6.45, 7) is 8.80. The maximum Gasteiger partial charge on any atom is 0.286 e. The maximum absolute atomic E-state index is 12.7. The van der Waals surface area contributed by atoms with Gasteiger partial charge < -0.3 is 5.32 Å². The van der Waals surface area contributed by atoms with Crippen LogP contribution in [-0.4, -0.2) is 51.9 Å². The summed E-state index contributed by atoms with van der Waals surface area (Å²) < 4.78 is 1.88. The molecular weight excluding hydrogens is 254 g/mol. The number of hydrogen-bond donors (Lipinski definition) is 1. The Bertz CT molecular complexity index is 550. The van der Waals surface area contributed by atoms with E-state index >= 15 is 0 Å². The number of amides is 1. The second-order valence-electron chi connectivity index (χ2n) is 5.51. The quantitative estimate of drug-likeness (QED) is 0.794. The van der Waals surface area contributed by atoms with E-state index in [2.05, 4.69) is 23.9 Å². The fourth-order valence-corrected chi connectivity index (χ4v) is 2.94. The highest BCUT2D eigenvalue weighted by Gasteiger charge is 2.32. The molecule has 1 aromatic heterocycles. The van der Waals surface area contributed by atoms with Gasteiger partial charge in [0.15, 0.2) is 0 Å². The largest absolute Gasteiger partial charge is 0.310 e. The first-order valence-corrected chi connectivity index (χ1v) is 7.07. The van der Waals surface area contributed by atoms with Crippen LogP contribution in [0.2, 0.25) is 0 Å². The lowest BCUT2D eigenvalue weighted by Crippen LogP contribution is -2.43. The molecule has 2 aliphatic heterocycles. The molecule has 0 bridgehead atoms. The molecule has 0 saturated carbocycles. The zero-order valence-corrected chi connectivity index (χ0v) is 12.1. The van der Waals surface area contributed by atoms with E-state index in [0.29, 0.717) is 12.6 Å². The minimum atomic E-state index is 0.0226. The van der Waals surface area contributed by atoms with E-state index in [1.165, 1.54) is 0 Å². The van der Waals surface area contributed by atoms with Crippen molar-refractivity contribution in [2.45, 2.75) is 32.5 Å². The summed E-state index contributed by atoms with van der Waals surface area (Å²) in [5, 5.41) is 11.8. The van der Waals surface area contributed by atoms with Gasteiger partial charge in [-0.15, -0.1) is 6.58 Å². The Morgan fingerprint density at radius 1 is 1.50 bits per heavy atom. The van der Waals surface area contributed by atoms with Crippen LogP contribution in [0.15, 0.2) is 12.7 Å². The summed E-state index contributed by atoms with van der Waals surface area (Å²) in [7, 11) is 1.82. The van der Waals surface area contributed by atoms with Crippen molar-refractivity contribution >= 4 is 5.91 Å². The van der Waals surface area contributed by atoms with Crippen molar-refractivity contribution in [3.8, 4) is 0 Å². The zero-order chi connectivity index (χ0) is 14.3. The number of rotatable bonds is 2. The summed E-state index contributed by atoms with van der Waals surface area (Å²) in [4.78, 5) is 12.7. The average Bonchev–Trinajstić information content (AvgIpc) is 2.74. The van der Waals surface area contributed by atoms with E-state index < -0.39 is 0 Å². The smallest absolute Gasteiger partial charge is 0.286 e. The standard InChI is InChI=1S/C14H21N5O/c1-4-5-18-6-7-19-13(14(20)17(18)3)11-9-15-10(2)8-12(11)16-19/h4,10,15H,1,5-9H2,2-3H3/t10-/m1/s1. The summed E-state index contributed by atoms with van der Waals surface area (Å²) in [5.74, 6) is 0.0226. The third kappa shape index (κ3) is 2.05. The summed E-state index contributed by atoms with van der Waals surface area (Å²) in [5.41, 5.74) is 2.89. The first kappa shape index (κ1) is 13.3. The third-order valence-electron chi connectivity index (χ3n) is 4.09. The van der Waals surface area contributed by atoms with Crippen molar-refractivity contribution in [2.24, 2.45) is 0 Å². The van der Waals surface area contributed by atoms with Crippen LogP contribution in [0.3, 0.4) is 0 Å². The molecule has 0 aliphatic carbocycles. The lowest BCUT2D eigenvalue weighted by molar-refractivity contribution is 0.0154. The normalized spacial score (nSPS) is 23.2. The Hall–Kier alpha value is -1.66. The van der Waals surface area contributed by atoms with Gasteiger partial charge in [-0.05, 0) is 6.92 Å². The number of nitrogens with one attached hydrogen (secondary N) is 1. The number of nitrogens with zero attached hydrogens (tertiary/aromatic N) is 4. The number of carbonyl (C=O) groups is 1. The molecular formula is C14H21N5O. The second-order valence-corrected chi connectivity index (χ2v) is 5.51. The highest BCUT2D eigenvalue weighted by atomic mass is 16.2. The second kappa shape index (κ2) is 5.03. The van der Waals surface area contributed by atoms with E-state index in [4.69, 9.17) is 0 Å². The molecule has 0 saturated heterocycles. The topological polar surface area (TPSA) is 53.4 Å². The Labute approximate surface area is 119 Å². The summed E-state index contributed by atoms with van der Waals surface area (Å²) in [6, 6.07) is 0.423. The molecule has 0 fully saturated rings. The zero-order valence-electron chi connectivity index (χ0n) is 12.1. The van der Waals surface area contributed by atoms with Gasteiger partial charge in [-0.25, -0.2) is 5.01 Å². The van der Waals surface area contributed by atoms with Crippen LogP contribution in [0.5, 0.6) is 0 Å². The van der Waals surface area contributed by atoms with E-state index in [0.717, 1.165) is 43.0 Å². The highest BCUT2D eigenvalue weighted by Crippen LogP contribution is 2.23. The SMILES string of the molecule is C=CCN1CCn2nc3c(c2C(=O)N1C)CN[C@H](C)C3. The van der Waals surface area contributed by atoms with Crippen LogP contribution in [0.25, 0.3) is 0 Å². The van der Waals surface area contributed by atoms with Crippen molar-refractivity contribution in [3.05, 3.63) is 29.6 Å². The molecule has 2 aliphatic rings. The highest BCUT2D eigenvalue weighted by molar-refractivity contribution is 5.94. The molecule has 3 heterocycles. The molecule has 6 heteroatoms. The lowest BCUT2D eigenvalue weighted by atomic mass is 10.0. The molecule has 20 heavy (non-hydrogen) atoms. The fourth-order valence-electron chi connectivity index (χ4n) is 2.94. The Balaban J connectivity index is 1.98. The predicted octanol–water partition coefficient (Wildman–Crippen LogP) is 0.406. The van der Waals surface area contributed by atoms with Crippen LogP contribution in [0.1, 0.15) is 28.7 Å². The minimum absolute atomic E-state index is 0.0226. The lowest BCUT2D eigenvalue weighted by Gasteiger charge is -2.28. The van der Waals surface area contributed by atoms with Crippen LogP contribution < -0.4 is 5.32 Å². The number of hydrazine groups is 1. The van der Waals surface area contributed by atoms with Crippen molar-refractivity contribution in [2.75, 3.05) is 20.1 Å². The van der Waals surface area contributed by atoms with Crippen molar-refractivity contribution in [3.63, 3.8) is 0 Å². The van der Waals surface area contributed by atoms with E-state index in [9.17, 15) is 4.79 Å². The van der Waals surface area contributed by atoms with Crippen LogP contribution >= 0.6 is 0 Å². The Morgan fingerprint density at radius 2 is 2.30 bits per heavy atom. The molecule has 108 valence electrons. The monoisotopic (exact) mass is 275 g/mol. The fraction of sp³-hybridized carbons (Fsp3) is 0.571. The number of carbonyl (C=O) groups excluding carboxylic acids is 1. The first-order chi connectivity index (χ1) is 9.61. The van der Waals surface area contributed by atoms with Gasteiger partial charge in [-0.3, -0.25) is 14.5 Å². The van der Waals surface area contributed by atoms with Crippen molar-refractivity contribution < 1.29 is 4.79 Å². The van der Waals surface area contributed by atoms with Crippen LogP contribution in [0.4, 0.5) is 0 Å². The van der Waals surface area contributed by atoms with Crippen molar-refractivity contribution in [1.82, 2.24) is 25.1 Å². The van der Waals surface area contributed by atoms with Gasteiger partial charge >= 0.3 is 0 Å². The van der Waals surface area contributed by atoms with Gasteiger partial charge in [0.2, 0.25) is 0 Å². The van der Waals surface area contributed by atoms with E-state index in [-0.39, 0.29) is 5.91 Å². The number of hydrogen-bond acceptors (Lipinski definition) is 4. The van der Waals surface area contributed by atoms with E-state index in [1.807, 2.05) is 22.8 Å². The van der Waals surface area contributed by atoms with Crippen LogP contribution in [0, 0.1) is 0 Å². The Morgan fingerprint density at radius 3 is 3.05 bits per heavy atom. The third-order valence-corrected chi connectivity index (χ3v) is 4.09. The van der Waals surface area contributed by atoms with Gasteiger partial charge in [0, 0.05) is 44.7 Å². The van der Waals surface area contributed by atoms with Gasteiger partial charge in [0.05, 0.1) is 12.2 Å². The van der Waals surface area contributed by atoms with Gasteiger partial charge in [-0.2, -0.15) is 5.10 Å². The molecule has 0 radical (unpaired) electrons. The van der Waals surface area contributed by atoms with Crippen LogP contribution in [-0.2, 0) is 19.5 Å². The van der Waals surface area contributed by atoms with Gasteiger partial charge in [-0.1, -0.05) is 6.08 Å². The van der Waals surface area contributed by atoms with Gasteiger partial charge in [0.1, 0.15) is 5.69 Å². The molecule has 1 N–H and O–H groups in total. The molecule has 1 amide bonds. The minimum Gasteiger partial charge on any atom is -0.310 e. The first-order valence-electron chi connectivity index (χ1n) is 7.07. The maximum atomic E-state index is 12.7. The average molecular weight is 275 g/mol. The molecule has 0 aromatic carbocycles. The molecule has 0 spiro atoms. The number of fused-ring (bicyclic) bond motifs is 3. The van der Waals surface area contributed by atoms with E-state index in [1.54, 1.807) is 5.01 Å². The number of aromatic nitrogens is 2. The molecule has 1 aromatic rings. The molecule has 0 unspecified atom stereocenters. The molecule has 3 rings (SSSR count). The van der Waals surface area contributed by atoms with Crippen molar-refractivity contribution in [1.29, 1.82) is 0 Å². The summed E-state index contributed by atoms with van der Waals surface area (Å²) in [6.07, 6.45) is 2.71. The molecule has 1 atom stereocenters.